The third-order valence-electron chi connectivity index (χ3n) is 3.79. The van der Waals surface area contributed by atoms with Gasteiger partial charge in [0, 0.05) is 30.5 Å². The molecule has 0 spiro atoms. The van der Waals surface area contributed by atoms with Crippen molar-refractivity contribution in [2.75, 3.05) is 5.32 Å². The number of hydrogen-bond acceptors (Lipinski definition) is 7. The Morgan fingerprint density at radius 1 is 1.21 bits per heavy atom. The SMILES string of the molecule is N#CC[C@H](CC(=O)c1ccc([N+](=O)[O-])cc1)C(=O)Nc1ccc(C(=O)O)nc1. The van der Waals surface area contributed by atoms with Crippen molar-refractivity contribution in [1.82, 2.24) is 4.98 Å². The number of hydrogen-bond donors (Lipinski definition) is 2. The summed E-state index contributed by atoms with van der Waals surface area (Å²) < 4.78 is 0. The molecular weight excluding hydrogens is 368 g/mol. The number of nitro groups is 1. The fourth-order valence-corrected chi connectivity index (χ4v) is 2.32. The monoisotopic (exact) mass is 382 g/mol. The van der Waals surface area contributed by atoms with Crippen molar-refractivity contribution >= 4 is 29.0 Å². The number of amides is 1. The third kappa shape index (κ3) is 5.18. The van der Waals surface area contributed by atoms with Gasteiger partial charge in [-0.15, -0.1) is 0 Å². The van der Waals surface area contributed by atoms with Gasteiger partial charge in [-0.1, -0.05) is 0 Å². The van der Waals surface area contributed by atoms with Gasteiger partial charge in [0.1, 0.15) is 5.69 Å². The molecule has 28 heavy (non-hydrogen) atoms. The second kappa shape index (κ2) is 9.00. The number of nitro benzene ring substituents is 1. The lowest BCUT2D eigenvalue weighted by Crippen LogP contribution is -2.25. The number of carboxylic acids is 1. The number of non-ortho nitro benzene ring substituents is 1. The van der Waals surface area contributed by atoms with Gasteiger partial charge in [-0.2, -0.15) is 5.26 Å². The van der Waals surface area contributed by atoms with E-state index in [-0.39, 0.29) is 35.5 Å². The normalized spacial score (nSPS) is 11.1. The van der Waals surface area contributed by atoms with Crippen molar-refractivity contribution in [2.24, 2.45) is 5.92 Å². The van der Waals surface area contributed by atoms with E-state index in [9.17, 15) is 24.5 Å². The maximum atomic E-state index is 12.4. The number of carboxylic acid groups (broad SMARTS) is 1. The van der Waals surface area contributed by atoms with Crippen LogP contribution in [0.5, 0.6) is 0 Å². The number of ketones is 1. The van der Waals surface area contributed by atoms with E-state index in [1.165, 1.54) is 36.4 Å². The number of nitrogens with zero attached hydrogens (tertiary/aromatic N) is 3. The number of anilines is 1. The number of aromatic nitrogens is 1. The lowest BCUT2D eigenvalue weighted by atomic mass is 9.95. The van der Waals surface area contributed by atoms with Crippen LogP contribution in [0.3, 0.4) is 0 Å². The zero-order valence-electron chi connectivity index (χ0n) is 14.4. The van der Waals surface area contributed by atoms with Crippen molar-refractivity contribution in [1.29, 1.82) is 5.26 Å². The van der Waals surface area contributed by atoms with E-state index in [1.54, 1.807) is 0 Å². The van der Waals surface area contributed by atoms with Crippen LogP contribution in [0.4, 0.5) is 11.4 Å². The first kappa shape index (κ1) is 20.2. The highest BCUT2D eigenvalue weighted by atomic mass is 16.6. The maximum Gasteiger partial charge on any atom is 0.354 e. The number of aromatic carboxylic acids is 1. The highest BCUT2D eigenvalue weighted by Crippen LogP contribution is 2.18. The number of nitriles is 1. The Bertz CT molecular complexity index is 948. The van der Waals surface area contributed by atoms with Crippen LogP contribution in [0, 0.1) is 27.4 Å². The minimum atomic E-state index is -1.21. The molecule has 2 N–H and O–H groups in total. The smallest absolute Gasteiger partial charge is 0.354 e. The Hall–Kier alpha value is -4.13. The van der Waals surface area contributed by atoms with Crippen molar-refractivity contribution in [3.63, 3.8) is 0 Å². The Balaban J connectivity index is 2.07. The largest absolute Gasteiger partial charge is 0.477 e. The molecule has 0 saturated carbocycles. The molecule has 2 rings (SSSR count). The number of pyridine rings is 1. The first-order valence-electron chi connectivity index (χ1n) is 7.96. The zero-order valence-corrected chi connectivity index (χ0v) is 14.4. The summed E-state index contributed by atoms with van der Waals surface area (Å²) in [5.74, 6) is -3.20. The van der Waals surface area contributed by atoms with Gasteiger partial charge in [-0.05, 0) is 24.3 Å². The summed E-state index contributed by atoms with van der Waals surface area (Å²) >= 11 is 0. The average molecular weight is 382 g/mol. The Morgan fingerprint density at radius 3 is 2.39 bits per heavy atom. The first-order valence-corrected chi connectivity index (χ1v) is 7.96. The summed E-state index contributed by atoms with van der Waals surface area (Å²) in [4.78, 5) is 49.2. The Morgan fingerprint density at radius 2 is 1.89 bits per heavy atom. The van der Waals surface area contributed by atoms with Gasteiger partial charge in [-0.3, -0.25) is 19.7 Å². The molecule has 0 saturated heterocycles. The number of benzene rings is 1. The summed E-state index contributed by atoms with van der Waals surface area (Å²) in [5, 5.41) is 30.9. The molecule has 10 nitrogen and oxygen atoms in total. The van der Waals surface area contributed by atoms with Crippen LogP contribution in [0.1, 0.15) is 33.7 Å². The predicted octanol–water partition coefficient (Wildman–Crippen LogP) is 2.43. The van der Waals surface area contributed by atoms with Crippen LogP contribution in [-0.2, 0) is 4.79 Å². The van der Waals surface area contributed by atoms with Gasteiger partial charge < -0.3 is 10.4 Å². The minimum absolute atomic E-state index is 0.167. The minimum Gasteiger partial charge on any atom is -0.477 e. The molecule has 1 heterocycles. The molecule has 0 aliphatic heterocycles. The highest BCUT2D eigenvalue weighted by molar-refractivity contribution is 6.01. The zero-order chi connectivity index (χ0) is 20.7. The molecule has 0 aliphatic carbocycles. The van der Waals surface area contributed by atoms with E-state index >= 15 is 0 Å². The van der Waals surface area contributed by atoms with Crippen molar-refractivity contribution < 1.29 is 24.4 Å². The van der Waals surface area contributed by atoms with Crippen LogP contribution >= 0.6 is 0 Å². The van der Waals surface area contributed by atoms with E-state index in [0.29, 0.717) is 0 Å². The Kier molecular flexibility index (Phi) is 6.49. The molecule has 0 radical (unpaired) electrons. The third-order valence-corrected chi connectivity index (χ3v) is 3.79. The fraction of sp³-hybridized carbons (Fsp3) is 0.167. The fourth-order valence-electron chi connectivity index (χ4n) is 2.32. The van der Waals surface area contributed by atoms with E-state index in [2.05, 4.69) is 10.3 Å². The molecule has 1 amide bonds. The van der Waals surface area contributed by atoms with Gasteiger partial charge in [0.05, 0.1) is 28.8 Å². The van der Waals surface area contributed by atoms with Gasteiger partial charge >= 0.3 is 5.97 Å². The molecule has 1 atom stereocenters. The van der Waals surface area contributed by atoms with Crippen LogP contribution in [0.15, 0.2) is 42.6 Å². The molecule has 1 aromatic carbocycles. The lowest BCUT2D eigenvalue weighted by molar-refractivity contribution is -0.384. The number of rotatable bonds is 8. The molecule has 142 valence electrons. The van der Waals surface area contributed by atoms with Crippen LogP contribution in [-0.4, -0.2) is 32.7 Å². The standard InChI is InChI=1S/C18H14N4O6/c19-8-7-12(9-16(23)11-1-4-14(5-2-11)22(27)28)17(24)21-13-3-6-15(18(25)26)20-10-13/h1-6,10,12H,7,9H2,(H,21,24)(H,25,26)/t12-/m1/s1. The first-order chi connectivity index (χ1) is 13.3. The number of nitrogens with one attached hydrogen (secondary N) is 1. The van der Waals surface area contributed by atoms with Gasteiger partial charge in [0.2, 0.25) is 5.91 Å². The van der Waals surface area contributed by atoms with E-state index < -0.39 is 28.5 Å². The summed E-state index contributed by atoms with van der Waals surface area (Å²) in [7, 11) is 0. The molecule has 0 fully saturated rings. The molecule has 2 aromatic rings. The topological polar surface area (TPSA) is 163 Å². The van der Waals surface area contributed by atoms with Gasteiger partial charge in [0.25, 0.3) is 5.69 Å². The molecule has 10 heteroatoms. The molecule has 0 bridgehead atoms. The Labute approximate surface area is 158 Å². The number of carbonyl (C=O) groups excluding carboxylic acids is 2. The van der Waals surface area contributed by atoms with Crippen LogP contribution < -0.4 is 5.32 Å². The molecule has 1 aromatic heterocycles. The number of carbonyl (C=O) groups is 3. The average Bonchev–Trinajstić information content (AvgIpc) is 2.68. The van der Waals surface area contributed by atoms with Crippen LogP contribution in [0.2, 0.25) is 0 Å². The summed E-state index contributed by atoms with van der Waals surface area (Å²) in [6.45, 7) is 0. The van der Waals surface area contributed by atoms with E-state index in [4.69, 9.17) is 10.4 Å². The summed E-state index contributed by atoms with van der Waals surface area (Å²) in [6.07, 6.45) is 0.673. The second-order valence-corrected chi connectivity index (χ2v) is 5.72. The summed E-state index contributed by atoms with van der Waals surface area (Å²) in [5.41, 5.74) is 0.0506. The summed E-state index contributed by atoms with van der Waals surface area (Å²) in [6, 6.07) is 9.34. The van der Waals surface area contributed by atoms with Crippen LogP contribution in [0.25, 0.3) is 0 Å². The van der Waals surface area contributed by atoms with Crippen molar-refractivity contribution in [3.8, 4) is 6.07 Å². The highest BCUT2D eigenvalue weighted by Gasteiger charge is 2.23. The van der Waals surface area contributed by atoms with Gasteiger partial charge in [-0.25, -0.2) is 9.78 Å². The van der Waals surface area contributed by atoms with Crippen molar-refractivity contribution in [3.05, 3.63) is 64.0 Å². The van der Waals surface area contributed by atoms with E-state index in [1.807, 2.05) is 6.07 Å². The maximum absolute atomic E-state index is 12.4. The molecular formula is C18H14N4O6. The molecule has 0 unspecified atom stereocenters. The number of Topliss-reactive ketones (excluding diaryl/α,β-unsaturated/α-hetero) is 1. The quantitative estimate of drug-likeness (QED) is 0.399. The molecule has 0 aliphatic rings. The van der Waals surface area contributed by atoms with E-state index in [0.717, 1.165) is 6.20 Å². The second-order valence-electron chi connectivity index (χ2n) is 5.72. The van der Waals surface area contributed by atoms with Crippen molar-refractivity contribution in [2.45, 2.75) is 12.8 Å². The van der Waals surface area contributed by atoms with Gasteiger partial charge in [0.15, 0.2) is 5.78 Å². The lowest BCUT2D eigenvalue weighted by Gasteiger charge is -2.13. The predicted molar refractivity (Wildman–Crippen MR) is 95.6 cm³/mol.